The minimum absolute atomic E-state index is 0.113. The fourth-order valence-corrected chi connectivity index (χ4v) is 2.90. The molecule has 1 aromatic heterocycles. The first-order chi connectivity index (χ1) is 11.1. The van der Waals surface area contributed by atoms with E-state index >= 15 is 0 Å². The van der Waals surface area contributed by atoms with Crippen molar-refractivity contribution in [2.75, 3.05) is 19.8 Å². The molecule has 1 amide bonds. The van der Waals surface area contributed by atoms with E-state index in [0.717, 1.165) is 11.0 Å². The summed E-state index contributed by atoms with van der Waals surface area (Å²) in [6, 6.07) is 9.02. The molecular formula is C17H19NO5. The van der Waals surface area contributed by atoms with Crippen LogP contribution in [0.3, 0.4) is 0 Å². The second kappa shape index (κ2) is 6.42. The van der Waals surface area contributed by atoms with Gasteiger partial charge in [-0.2, -0.15) is 0 Å². The number of carboxylic acids is 1. The summed E-state index contributed by atoms with van der Waals surface area (Å²) < 4.78 is 11.1. The molecule has 1 aromatic carbocycles. The normalized spacial score (nSPS) is 19.7. The fraction of sp³-hybridized carbons (Fsp3) is 0.412. The van der Waals surface area contributed by atoms with Gasteiger partial charge in [0.2, 0.25) is 5.91 Å². The van der Waals surface area contributed by atoms with Gasteiger partial charge in [0.25, 0.3) is 0 Å². The van der Waals surface area contributed by atoms with Crippen LogP contribution in [-0.4, -0.2) is 47.7 Å². The molecule has 1 saturated heterocycles. The number of fused-ring (bicyclic) bond motifs is 1. The van der Waals surface area contributed by atoms with Crippen LogP contribution in [0.15, 0.2) is 34.7 Å². The smallest absolute Gasteiger partial charge is 0.305 e. The first-order valence-corrected chi connectivity index (χ1v) is 7.64. The third kappa shape index (κ3) is 3.22. The second-order valence-corrected chi connectivity index (χ2v) is 5.77. The van der Waals surface area contributed by atoms with Gasteiger partial charge >= 0.3 is 5.97 Å². The van der Waals surface area contributed by atoms with Crippen molar-refractivity contribution < 1.29 is 23.8 Å². The molecule has 1 aliphatic heterocycles. The highest BCUT2D eigenvalue weighted by atomic mass is 16.5. The molecule has 6 heteroatoms. The molecule has 1 aliphatic rings. The molecule has 6 nitrogen and oxygen atoms in total. The highest BCUT2D eigenvalue weighted by molar-refractivity contribution is 5.86. The number of morpholine rings is 1. The number of amides is 1. The summed E-state index contributed by atoms with van der Waals surface area (Å²) in [5, 5.41) is 9.95. The van der Waals surface area contributed by atoms with Gasteiger partial charge in [-0.25, -0.2) is 0 Å². The first-order valence-electron chi connectivity index (χ1n) is 7.64. The predicted octanol–water partition coefficient (Wildman–Crippen LogP) is 2.24. The van der Waals surface area contributed by atoms with E-state index in [9.17, 15) is 9.59 Å². The Bertz CT molecular complexity index is 690. The molecule has 23 heavy (non-hydrogen) atoms. The van der Waals surface area contributed by atoms with E-state index in [1.165, 1.54) is 0 Å². The van der Waals surface area contributed by atoms with Gasteiger partial charge in [-0.05, 0) is 19.1 Å². The summed E-state index contributed by atoms with van der Waals surface area (Å²) in [5.41, 5.74) is 0.742. The minimum Gasteiger partial charge on any atom is -0.481 e. The number of hydrogen-bond donors (Lipinski definition) is 1. The lowest BCUT2D eigenvalue weighted by Gasteiger charge is -2.36. The quantitative estimate of drug-likeness (QED) is 0.935. The van der Waals surface area contributed by atoms with Crippen molar-refractivity contribution in [1.82, 2.24) is 4.90 Å². The maximum absolute atomic E-state index is 12.8. The number of hydrogen-bond acceptors (Lipinski definition) is 4. The van der Waals surface area contributed by atoms with Crippen molar-refractivity contribution in [2.24, 2.45) is 0 Å². The van der Waals surface area contributed by atoms with Crippen molar-refractivity contribution in [1.29, 1.82) is 0 Å². The number of ether oxygens (including phenoxy) is 1. The Hall–Kier alpha value is -2.34. The summed E-state index contributed by atoms with van der Waals surface area (Å²) in [6.45, 7) is 2.87. The van der Waals surface area contributed by atoms with Crippen LogP contribution in [0.5, 0.6) is 0 Å². The van der Waals surface area contributed by atoms with Crippen LogP contribution in [0.1, 0.15) is 25.0 Å². The molecule has 2 heterocycles. The highest BCUT2D eigenvalue weighted by Crippen LogP contribution is 2.27. The van der Waals surface area contributed by atoms with Crippen molar-refractivity contribution in [3.05, 3.63) is 36.1 Å². The number of aliphatic carboxylic acids is 1. The highest BCUT2D eigenvalue weighted by Gasteiger charge is 2.33. The van der Waals surface area contributed by atoms with E-state index in [0.29, 0.717) is 18.9 Å². The Morgan fingerprint density at radius 1 is 1.39 bits per heavy atom. The van der Waals surface area contributed by atoms with E-state index < -0.39 is 17.9 Å². The molecule has 0 radical (unpaired) electrons. The fourth-order valence-electron chi connectivity index (χ4n) is 2.90. The number of para-hydroxylation sites is 1. The predicted molar refractivity (Wildman–Crippen MR) is 83.2 cm³/mol. The molecule has 1 N–H and O–H groups in total. The molecule has 2 unspecified atom stereocenters. The third-order valence-electron chi connectivity index (χ3n) is 4.16. The molecular weight excluding hydrogens is 298 g/mol. The Kier molecular flexibility index (Phi) is 4.34. The van der Waals surface area contributed by atoms with Crippen molar-refractivity contribution >= 4 is 22.8 Å². The first kappa shape index (κ1) is 15.6. The third-order valence-corrected chi connectivity index (χ3v) is 4.16. The van der Waals surface area contributed by atoms with Crippen LogP contribution in [0.4, 0.5) is 0 Å². The summed E-state index contributed by atoms with van der Waals surface area (Å²) in [6.07, 6.45) is -0.113. The van der Waals surface area contributed by atoms with Gasteiger partial charge in [-0.15, -0.1) is 0 Å². The van der Waals surface area contributed by atoms with Crippen molar-refractivity contribution in [3.63, 3.8) is 0 Å². The van der Waals surface area contributed by atoms with Crippen LogP contribution < -0.4 is 0 Å². The number of carbonyl (C=O) groups is 2. The molecule has 2 atom stereocenters. The van der Waals surface area contributed by atoms with Gasteiger partial charge in [0.1, 0.15) is 11.3 Å². The molecule has 0 saturated carbocycles. The van der Waals surface area contributed by atoms with Gasteiger partial charge in [-0.1, -0.05) is 18.2 Å². The number of furan rings is 1. The second-order valence-electron chi connectivity index (χ2n) is 5.77. The van der Waals surface area contributed by atoms with E-state index in [2.05, 4.69) is 0 Å². The summed E-state index contributed by atoms with van der Waals surface area (Å²) in [5.74, 6) is -0.929. The number of nitrogens with zero attached hydrogens (tertiary/aromatic N) is 1. The van der Waals surface area contributed by atoms with Crippen molar-refractivity contribution in [2.45, 2.75) is 25.3 Å². The van der Waals surface area contributed by atoms with E-state index in [4.69, 9.17) is 14.3 Å². The molecule has 122 valence electrons. The zero-order valence-electron chi connectivity index (χ0n) is 12.9. The lowest BCUT2D eigenvalue weighted by atomic mass is 10.0. The average molecular weight is 317 g/mol. The monoisotopic (exact) mass is 317 g/mol. The molecule has 3 rings (SSSR count). The summed E-state index contributed by atoms with van der Waals surface area (Å²) in [7, 11) is 0. The Morgan fingerprint density at radius 3 is 2.91 bits per heavy atom. The minimum atomic E-state index is -0.935. The van der Waals surface area contributed by atoms with Gasteiger partial charge in [0.15, 0.2) is 0 Å². The van der Waals surface area contributed by atoms with Gasteiger partial charge in [-0.3, -0.25) is 9.59 Å². The van der Waals surface area contributed by atoms with Gasteiger partial charge < -0.3 is 19.2 Å². The Balaban J connectivity index is 1.80. The number of carboxylic acid groups (broad SMARTS) is 1. The number of carbonyl (C=O) groups excluding carboxylic acids is 1. The summed E-state index contributed by atoms with van der Waals surface area (Å²) in [4.78, 5) is 25.4. The number of benzene rings is 1. The topological polar surface area (TPSA) is 80.0 Å². The van der Waals surface area contributed by atoms with Crippen LogP contribution in [0, 0.1) is 0 Å². The van der Waals surface area contributed by atoms with E-state index in [-0.39, 0.29) is 18.9 Å². The lowest BCUT2D eigenvalue weighted by molar-refractivity contribution is -0.147. The zero-order valence-corrected chi connectivity index (χ0v) is 12.9. The molecule has 0 aliphatic carbocycles. The lowest BCUT2D eigenvalue weighted by Crippen LogP contribution is -2.50. The molecule has 1 fully saturated rings. The Morgan fingerprint density at radius 2 is 2.17 bits per heavy atom. The maximum Gasteiger partial charge on any atom is 0.305 e. The van der Waals surface area contributed by atoms with Gasteiger partial charge in [0.05, 0.1) is 31.6 Å². The summed E-state index contributed by atoms with van der Waals surface area (Å²) >= 11 is 0. The molecule has 0 bridgehead atoms. The van der Waals surface area contributed by atoms with E-state index in [1.54, 1.807) is 11.8 Å². The van der Waals surface area contributed by atoms with Gasteiger partial charge in [0, 0.05) is 11.9 Å². The van der Waals surface area contributed by atoms with E-state index in [1.807, 2.05) is 30.3 Å². The zero-order chi connectivity index (χ0) is 16.4. The Labute approximate surface area is 133 Å². The largest absolute Gasteiger partial charge is 0.481 e. The average Bonchev–Trinajstić information content (AvgIpc) is 2.97. The van der Waals surface area contributed by atoms with Crippen LogP contribution >= 0.6 is 0 Å². The van der Waals surface area contributed by atoms with Crippen LogP contribution in [0.25, 0.3) is 11.0 Å². The van der Waals surface area contributed by atoms with Crippen molar-refractivity contribution in [3.8, 4) is 0 Å². The van der Waals surface area contributed by atoms with Crippen LogP contribution in [0.2, 0.25) is 0 Å². The number of rotatable bonds is 4. The van der Waals surface area contributed by atoms with Crippen LogP contribution in [-0.2, 0) is 14.3 Å². The molecule has 0 spiro atoms. The SMILES string of the molecule is CC(C(=O)N1CCOCC1CC(=O)O)c1cc2ccccc2o1. The standard InChI is InChI=1S/C17H19NO5/c1-11(15-8-12-4-2-3-5-14(12)23-15)17(21)18-6-7-22-10-13(18)9-16(19)20/h2-5,8,11,13H,6-7,9-10H2,1H3,(H,19,20). The molecule has 2 aromatic rings. The maximum atomic E-state index is 12.8.